The van der Waals surface area contributed by atoms with Gasteiger partial charge >= 0.3 is 0 Å². The van der Waals surface area contributed by atoms with Crippen molar-refractivity contribution < 1.29 is 9.53 Å². The predicted molar refractivity (Wildman–Crippen MR) is 101 cm³/mol. The van der Waals surface area contributed by atoms with Crippen molar-refractivity contribution in [3.63, 3.8) is 0 Å². The molecular formula is C19H23N3O2S. The van der Waals surface area contributed by atoms with Crippen LogP contribution in [0.15, 0.2) is 24.3 Å². The first kappa shape index (κ1) is 15.6. The molecule has 0 spiro atoms. The summed E-state index contributed by atoms with van der Waals surface area (Å²) in [6.45, 7) is 3.47. The van der Waals surface area contributed by atoms with Gasteiger partial charge in [0.25, 0.3) is 5.91 Å². The third kappa shape index (κ3) is 2.92. The predicted octanol–water partition coefficient (Wildman–Crippen LogP) is 2.36. The van der Waals surface area contributed by atoms with Crippen molar-refractivity contribution in [1.29, 1.82) is 0 Å². The fourth-order valence-electron chi connectivity index (χ4n) is 4.33. The summed E-state index contributed by atoms with van der Waals surface area (Å²) in [7, 11) is 0. The molecule has 1 aromatic heterocycles. The van der Waals surface area contributed by atoms with Gasteiger partial charge in [0.2, 0.25) is 0 Å². The van der Waals surface area contributed by atoms with Crippen LogP contribution in [-0.2, 0) is 4.74 Å². The number of thiophene rings is 1. The zero-order valence-electron chi connectivity index (χ0n) is 14.2. The van der Waals surface area contributed by atoms with E-state index in [0.29, 0.717) is 12.1 Å². The highest BCUT2D eigenvalue weighted by molar-refractivity contribution is 7.22. The molecule has 5 rings (SSSR count). The van der Waals surface area contributed by atoms with Crippen molar-refractivity contribution >= 4 is 32.3 Å². The molecule has 6 heteroatoms. The average molecular weight is 357 g/mol. The number of morpholine rings is 1. The minimum absolute atomic E-state index is 0.0579. The molecule has 0 unspecified atom stereocenters. The third-order valence-electron chi connectivity index (χ3n) is 5.71. The number of amides is 1. The molecule has 2 aromatic rings. The average Bonchev–Trinajstić information content (AvgIpc) is 3.36. The Morgan fingerprint density at radius 2 is 2.12 bits per heavy atom. The van der Waals surface area contributed by atoms with Gasteiger partial charge in [0.15, 0.2) is 0 Å². The maximum atomic E-state index is 12.7. The highest BCUT2D eigenvalue weighted by Gasteiger charge is 2.39. The van der Waals surface area contributed by atoms with Gasteiger partial charge in [-0.05, 0) is 42.8 Å². The minimum Gasteiger partial charge on any atom is -0.378 e. The topological polar surface area (TPSA) is 53.6 Å². The Kier molecular flexibility index (Phi) is 3.91. The lowest BCUT2D eigenvalue weighted by molar-refractivity contribution is 0.0931. The molecule has 2 N–H and O–H groups in total. The molecule has 1 amide bonds. The Balaban J connectivity index is 1.34. The summed E-state index contributed by atoms with van der Waals surface area (Å²) in [6, 6.07) is 9.65. The molecule has 25 heavy (non-hydrogen) atoms. The Bertz CT molecular complexity index is 799. The van der Waals surface area contributed by atoms with Gasteiger partial charge in [0.05, 0.1) is 18.2 Å². The molecule has 0 aliphatic carbocycles. The van der Waals surface area contributed by atoms with Crippen molar-refractivity contribution in [2.24, 2.45) is 0 Å². The van der Waals surface area contributed by atoms with Crippen LogP contribution in [0.25, 0.3) is 10.1 Å². The normalized spacial score (nSPS) is 28.6. The number of carbonyl (C=O) groups is 1. The molecule has 3 aliphatic rings. The van der Waals surface area contributed by atoms with E-state index in [1.54, 1.807) is 11.3 Å². The first-order valence-electron chi connectivity index (χ1n) is 9.19. The van der Waals surface area contributed by atoms with Crippen molar-refractivity contribution in [1.82, 2.24) is 10.6 Å². The van der Waals surface area contributed by atoms with Gasteiger partial charge in [-0.15, -0.1) is 11.3 Å². The Morgan fingerprint density at radius 3 is 2.88 bits per heavy atom. The summed E-state index contributed by atoms with van der Waals surface area (Å²) >= 11 is 1.77. The Morgan fingerprint density at radius 1 is 1.24 bits per heavy atom. The van der Waals surface area contributed by atoms with Crippen LogP contribution in [0.5, 0.6) is 0 Å². The van der Waals surface area contributed by atoms with E-state index in [2.05, 4.69) is 27.7 Å². The van der Waals surface area contributed by atoms with Gasteiger partial charge in [0.1, 0.15) is 0 Å². The van der Waals surface area contributed by atoms with E-state index in [0.717, 1.165) is 38.3 Å². The highest BCUT2D eigenvalue weighted by Crippen LogP contribution is 2.34. The fraction of sp³-hybridized carbons (Fsp3) is 0.526. The zero-order chi connectivity index (χ0) is 16.8. The number of benzene rings is 1. The van der Waals surface area contributed by atoms with E-state index in [-0.39, 0.29) is 11.9 Å². The van der Waals surface area contributed by atoms with E-state index in [4.69, 9.17) is 4.74 Å². The summed E-state index contributed by atoms with van der Waals surface area (Å²) in [6.07, 6.45) is 3.50. The fourth-order valence-corrected chi connectivity index (χ4v) is 5.49. The maximum Gasteiger partial charge on any atom is 0.251 e. The summed E-state index contributed by atoms with van der Waals surface area (Å²) < 4.78 is 6.62. The van der Waals surface area contributed by atoms with Crippen LogP contribution in [-0.4, -0.2) is 50.3 Å². The molecule has 0 radical (unpaired) electrons. The molecule has 3 fully saturated rings. The maximum absolute atomic E-state index is 12.7. The number of fused-ring (bicyclic) bond motifs is 3. The minimum atomic E-state index is 0.0579. The first-order chi connectivity index (χ1) is 12.3. The van der Waals surface area contributed by atoms with Crippen LogP contribution in [0.4, 0.5) is 5.00 Å². The molecule has 3 saturated heterocycles. The van der Waals surface area contributed by atoms with E-state index in [1.807, 2.05) is 12.1 Å². The Labute approximate surface area is 151 Å². The number of carbonyl (C=O) groups excluding carboxylic acids is 1. The summed E-state index contributed by atoms with van der Waals surface area (Å²) in [5, 5.41) is 9.30. The van der Waals surface area contributed by atoms with Gasteiger partial charge in [-0.3, -0.25) is 4.79 Å². The number of nitrogens with zero attached hydrogens (tertiary/aromatic N) is 1. The smallest absolute Gasteiger partial charge is 0.251 e. The second kappa shape index (κ2) is 6.27. The van der Waals surface area contributed by atoms with Crippen LogP contribution in [0, 0.1) is 0 Å². The number of hydrogen-bond donors (Lipinski definition) is 2. The number of anilines is 1. The van der Waals surface area contributed by atoms with Crippen molar-refractivity contribution in [3.05, 3.63) is 29.8 Å². The molecule has 1 aromatic carbocycles. The van der Waals surface area contributed by atoms with Crippen molar-refractivity contribution in [3.8, 4) is 0 Å². The van der Waals surface area contributed by atoms with Gasteiger partial charge in [-0.25, -0.2) is 0 Å². The number of ether oxygens (including phenoxy) is 1. The van der Waals surface area contributed by atoms with Crippen LogP contribution < -0.4 is 15.5 Å². The van der Waals surface area contributed by atoms with E-state index < -0.39 is 0 Å². The standard InChI is InChI=1S/C19H23N3O2S/c23-19(21-16-11-14-3-4-15(16)20-14)13-2-1-12-10-18(25-17(12)9-13)22-5-7-24-8-6-22/h1-2,9-10,14-16,20H,3-8,11H2,(H,21,23)/t14-,15+,16-/m1/s1. The number of rotatable bonds is 3. The quantitative estimate of drug-likeness (QED) is 0.885. The summed E-state index contributed by atoms with van der Waals surface area (Å²) in [4.78, 5) is 15.0. The van der Waals surface area contributed by atoms with Crippen molar-refractivity contribution in [2.75, 3.05) is 31.2 Å². The molecule has 4 heterocycles. The second-order valence-corrected chi connectivity index (χ2v) is 8.36. The molecule has 132 valence electrons. The van der Waals surface area contributed by atoms with Crippen LogP contribution in [0.3, 0.4) is 0 Å². The zero-order valence-corrected chi connectivity index (χ0v) is 15.0. The molecular weight excluding hydrogens is 334 g/mol. The van der Waals surface area contributed by atoms with E-state index in [9.17, 15) is 4.79 Å². The van der Waals surface area contributed by atoms with Gasteiger partial charge < -0.3 is 20.3 Å². The van der Waals surface area contributed by atoms with E-state index in [1.165, 1.54) is 27.9 Å². The number of hydrogen-bond acceptors (Lipinski definition) is 5. The van der Waals surface area contributed by atoms with Gasteiger partial charge in [0, 0.05) is 41.5 Å². The second-order valence-electron chi connectivity index (χ2n) is 7.30. The van der Waals surface area contributed by atoms with Crippen LogP contribution in [0.2, 0.25) is 0 Å². The van der Waals surface area contributed by atoms with Crippen LogP contribution >= 0.6 is 11.3 Å². The molecule has 2 bridgehead atoms. The lowest BCUT2D eigenvalue weighted by Crippen LogP contribution is -2.42. The molecule has 0 saturated carbocycles. The Hall–Kier alpha value is -1.63. The van der Waals surface area contributed by atoms with Crippen LogP contribution in [0.1, 0.15) is 29.6 Å². The van der Waals surface area contributed by atoms with Gasteiger partial charge in [-0.1, -0.05) is 6.07 Å². The summed E-state index contributed by atoms with van der Waals surface area (Å²) in [5.74, 6) is 0.0579. The third-order valence-corrected chi connectivity index (χ3v) is 6.87. The largest absolute Gasteiger partial charge is 0.378 e. The first-order valence-corrected chi connectivity index (χ1v) is 10.0. The molecule has 5 nitrogen and oxygen atoms in total. The highest BCUT2D eigenvalue weighted by atomic mass is 32.1. The lowest BCUT2D eigenvalue weighted by atomic mass is 9.95. The lowest BCUT2D eigenvalue weighted by Gasteiger charge is -2.27. The van der Waals surface area contributed by atoms with Gasteiger partial charge in [-0.2, -0.15) is 0 Å². The molecule has 3 aliphatic heterocycles. The SMILES string of the molecule is O=C(N[C@@H]1C[C@H]2CC[C@@H]1N2)c1ccc2cc(N3CCOCC3)sc2c1. The monoisotopic (exact) mass is 357 g/mol. The number of nitrogens with one attached hydrogen (secondary N) is 2. The van der Waals surface area contributed by atoms with Crippen molar-refractivity contribution in [2.45, 2.75) is 37.4 Å². The summed E-state index contributed by atoms with van der Waals surface area (Å²) in [5.41, 5.74) is 0.769. The molecule has 3 atom stereocenters. The van der Waals surface area contributed by atoms with E-state index >= 15 is 0 Å².